The first kappa shape index (κ1) is 14.6. The third kappa shape index (κ3) is 4.81. The Balaban J connectivity index is 2.45. The molecule has 0 saturated heterocycles. The molecule has 0 radical (unpaired) electrons. The van der Waals surface area contributed by atoms with E-state index in [2.05, 4.69) is 10.6 Å². The third-order valence-electron chi connectivity index (χ3n) is 2.28. The highest BCUT2D eigenvalue weighted by molar-refractivity contribution is 6.30. The van der Waals surface area contributed by atoms with Crippen LogP contribution in [0.2, 0.25) is 5.02 Å². The van der Waals surface area contributed by atoms with E-state index >= 15 is 0 Å². The molecule has 0 aliphatic carbocycles. The maximum atomic E-state index is 11.4. The van der Waals surface area contributed by atoms with Gasteiger partial charge in [-0.3, -0.25) is 0 Å². The second-order valence-corrected chi connectivity index (χ2v) is 3.99. The van der Waals surface area contributed by atoms with Gasteiger partial charge in [-0.25, -0.2) is 4.79 Å². The first-order valence-electron chi connectivity index (χ1n) is 5.50. The zero-order valence-electron chi connectivity index (χ0n) is 10.5. The first-order valence-corrected chi connectivity index (χ1v) is 5.88. The summed E-state index contributed by atoms with van der Waals surface area (Å²) < 4.78 is 10.0. The Morgan fingerprint density at radius 1 is 1.33 bits per heavy atom. The first-order chi connectivity index (χ1) is 8.67. The molecule has 100 valence electrons. The van der Waals surface area contributed by atoms with Gasteiger partial charge in [-0.05, 0) is 12.1 Å². The number of ether oxygens (including phenoxy) is 2. The maximum Gasteiger partial charge on any atom is 0.315 e. The highest BCUT2D eigenvalue weighted by atomic mass is 35.5. The lowest BCUT2D eigenvalue weighted by Gasteiger charge is -2.10. The van der Waals surface area contributed by atoms with Crippen molar-refractivity contribution in [2.45, 2.75) is 6.54 Å². The Labute approximate surface area is 111 Å². The molecule has 1 rings (SSSR count). The smallest absolute Gasteiger partial charge is 0.315 e. The van der Waals surface area contributed by atoms with Gasteiger partial charge in [-0.15, -0.1) is 0 Å². The van der Waals surface area contributed by atoms with Gasteiger partial charge in [-0.1, -0.05) is 17.7 Å². The second kappa shape index (κ2) is 7.79. The van der Waals surface area contributed by atoms with E-state index in [0.717, 1.165) is 5.56 Å². The Bertz CT molecular complexity index is 399. The predicted octanol–water partition coefficient (Wildman–Crippen LogP) is 1.79. The molecule has 2 amide bonds. The Morgan fingerprint density at radius 2 is 2.11 bits per heavy atom. The minimum absolute atomic E-state index is 0.246. The molecule has 0 unspecified atom stereocenters. The molecule has 6 heteroatoms. The van der Waals surface area contributed by atoms with Crippen LogP contribution in [0, 0.1) is 0 Å². The number of methoxy groups -OCH3 is 2. The molecule has 2 N–H and O–H groups in total. The number of carbonyl (C=O) groups excluding carboxylic acids is 1. The number of urea groups is 1. The van der Waals surface area contributed by atoms with Crippen LogP contribution >= 0.6 is 11.6 Å². The molecule has 5 nitrogen and oxygen atoms in total. The summed E-state index contributed by atoms with van der Waals surface area (Å²) in [5.41, 5.74) is 0.865. The molecule has 1 aromatic rings. The van der Waals surface area contributed by atoms with Gasteiger partial charge in [0.15, 0.2) is 0 Å². The van der Waals surface area contributed by atoms with Crippen LogP contribution < -0.4 is 15.4 Å². The fraction of sp³-hybridized carbons (Fsp3) is 0.417. The number of rotatable bonds is 6. The van der Waals surface area contributed by atoms with Crippen LogP contribution in [0.15, 0.2) is 18.2 Å². The highest BCUT2D eigenvalue weighted by Gasteiger charge is 2.05. The number of halogens is 1. The Kier molecular flexibility index (Phi) is 6.32. The molecule has 0 aliphatic rings. The molecular formula is C12H17ClN2O3. The van der Waals surface area contributed by atoms with Gasteiger partial charge in [0.2, 0.25) is 0 Å². The minimum atomic E-state index is -0.246. The van der Waals surface area contributed by atoms with Crippen LogP contribution in [-0.4, -0.2) is 33.4 Å². The van der Waals surface area contributed by atoms with E-state index in [4.69, 9.17) is 21.1 Å². The van der Waals surface area contributed by atoms with Crippen molar-refractivity contribution in [2.75, 3.05) is 27.4 Å². The van der Waals surface area contributed by atoms with Crippen molar-refractivity contribution in [1.29, 1.82) is 0 Å². The lowest BCUT2D eigenvalue weighted by Crippen LogP contribution is -2.36. The van der Waals surface area contributed by atoms with Crippen LogP contribution in [-0.2, 0) is 11.3 Å². The van der Waals surface area contributed by atoms with E-state index in [-0.39, 0.29) is 6.03 Å². The normalized spacial score (nSPS) is 9.94. The minimum Gasteiger partial charge on any atom is -0.496 e. The molecule has 0 saturated carbocycles. The van der Waals surface area contributed by atoms with Gasteiger partial charge >= 0.3 is 6.03 Å². The van der Waals surface area contributed by atoms with Crippen molar-refractivity contribution in [1.82, 2.24) is 10.6 Å². The van der Waals surface area contributed by atoms with Crippen molar-refractivity contribution in [3.63, 3.8) is 0 Å². The van der Waals surface area contributed by atoms with Crippen LogP contribution in [0.3, 0.4) is 0 Å². The van der Waals surface area contributed by atoms with E-state index in [1.165, 1.54) is 0 Å². The molecule has 18 heavy (non-hydrogen) atoms. The SMILES string of the molecule is COCCNC(=O)NCc1ccc(Cl)cc1OC. The number of benzene rings is 1. The summed E-state index contributed by atoms with van der Waals surface area (Å²) in [6.07, 6.45) is 0. The number of carbonyl (C=O) groups is 1. The maximum absolute atomic E-state index is 11.4. The van der Waals surface area contributed by atoms with Gasteiger partial charge in [0.25, 0.3) is 0 Å². The summed E-state index contributed by atoms with van der Waals surface area (Å²) in [4.78, 5) is 11.4. The van der Waals surface area contributed by atoms with E-state index in [1.54, 1.807) is 26.4 Å². The van der Waals surface area contributed by atoms with Crippen molar-refractivity contribution < 1.29 is 14.3 Å². The predicted molar refractivity (Wildman–Crippen MR) is 70.1 cm³/mol. The summed E-state index contributed by atoms with van der Waals surface area (Å²) in [6.45, 7) is 1.33. The average Bonchev–Trinajstić information content (AvgIpc) is 2.37. The largest absolute Gasteiger partial charge is 0.496 e. The van der Waals surface area contributed by atoms with Gasteiger partial charge in [-0.2, -0.15) is 0 Å². The van der Waals surface area contributed by atoms with Crippen LogP contribution in [0.5, 0.6) is 5.75 Å². The zero-order valence-corrected chi connectivity index (χ0v) is 11.2. The topological polar surface area (TPSA) is 59.6 Å². The van der Waals surface area contributed by atoms with Crippen LogP contribution in [0.4, 0.5) is 4.79 Å². The fourth-order valence-electron chi connectivity index (χ4n) is 1.37. The number of hydrogen-bond acceptors (Lipinski definition) is 3. The van der Waals surface area contributed by atoms with Crippen LogP contribution in [0.25, 0.3) is 0 Å². The highest BCUT2D eigenvalue weighted by Crippen LogP contribution is 2.22. The molecule has 0 aromatic heterocycles. The lowest BCUT2D eigenvalue weighted by atomic mass is 10.2. The van der Waals surface area contributed by atoms with Gasteiger partial charge in [0.05, 0.1) is 13.7 Å². The summed E-state index contributed by atoms with van der Waals surface area (Å²) in [5.74, 6) is 0.652. The average molecular weight is 273 g/mol. The summed E-state index contributed by atoms with van der Waals surface area (Å²) in [6, 6.07) is 5.03. The Hall–Kier alpha value is -1.46. The summed E-state index contributed by atoms with van der Waals surface area (Å²) in [7, 11) is 3.14. The monoisotopic (exact) mass is 272 g/mol. The third-order valence-corrected chi connectivity index (χ3v) is 2.52. The van der Waals surface area contributed by atoms with Crippen LogP contribution in [0.1, 0.15) is 5.56 Å². The molecule has 0 heterocycles. The van der Waals surface area contributed by atoms with Gasteiger partial charge in [0.1, 0.15) is 5.75 Å². The lowest BCUT2D eigenvalue weighted by molar-refractivity contribution is 0.196. The zero-order chi connectivity index (χ0) is 13.4. The second-order valence-electron chi connectivity index (χ2n) is 3.56. The standard InChI is InChI=1S/C12H17ClN2O3/c1-17-6-5-14-12(16)15-8-9-3-4-10(13)7-11(9)18-2/h3-4,7H,5-6,8H2,1-2H3,(H2,14,15,16). The van der Waals surface area contributed by atoms with Crippen molar-refractivity contribution in [3.8, 4) is 5.75 Å². The molecular weight excluding hydrogens is 256 g/mol. The number of nitrogens with one attached hydrogen (secondary N) is 2. The van der Waals surface area contributed by atoms with Crippen molar-refractivity contribution in [2.24, 2.45) is 0 Å². The number of amides is 2. The Morgan fingerprint density at radius 3 is 2.78 bits per heavy atom. The molecule has 0 fully saturated rings. The fourth-order valence-corrected chi connectivity index (χ4v) is 1.53. The van der Waals surface area contributed by atoms with Crippen molar-refractivity contribution in [3.05, 3.63) is 28.8 Å². The molecule has 0 spiro atoms. The molecule has 0 aliphatic heterocycles. The van der Waals surface area contributed by atoms with E-state index < -0.39 is 0 Å². The quantitative estimate of drug-likeness (QED) is 0.777. The van der Waals surface area contributed by atoms with E-state index in [9.17, 15) is 4.79 Å². The summed E-state index contributed by atoms with van der Waals surface area (Å²) >= 11 is 5.85. The number of hydrogen-bond donors (Lipinski definition) is 2. The molecule has 0 bridgehead atoms. The molecule has 1 aromatic carbocycles. The molecule has 0 atom stereocenters. The van der Waals surface area contributed by atoms with E-state index in [0.29, 0.717) is 30.5 Å². The van der Waals surface area contributed by atoms with Crippen molar-refractivity contribution >= 4 is 17.6 Å². The summed E-state index contributed by atoms with van der Waals surface area (Å²) in [5, 5.41) is 5.98. The van der Waals surface area contributed by atoms with Gasteiger partial charge in [0, 0.05) is 30.8 Å². The van der Waals surface area contributed by atoms with Gasteiger partial charge < -0.3 is 20.1 Å². The van der Waals surface area contributed by atoms with E-state index in [1.807, 2.05) is 6.07 Å².